The van der Waals surface area contributed by atoms with E-state index in [0.717, 1.165) is 5.56 Å². The van der Waals surface area contributed by atoms with E-state index in [1.165, 1.54) is 23.0 Å². The molecule has 0 saturated carbocycles. The first-order chi connectivity index (χ1) is 6.77. The summed E-state index contributed by atoms with van der Waals surface area (Å²) >= 11 is 1.26. The van der Waals surface area contributed by atoms with Crippen LogP contribution >= 0.6 is 11.3 Å². The molecule has 0 amide bonds. The monoisotopic (exact) mass is 207 g/mol. The van der Waals surface area contributed by atoms with Crippen molar-refractivity contribution in [1.82, 2.24) is 15.0 Å². The zero-order valence-electron chi connectivity index (χ0n) is 6.91. The highest BCUT2D eigenvalue weighted by atomic mass is 32.1. The minimum Gasteiger partial charge on any atom is -0.476 e. The summed E-state index contributed by atoms with van der Waals surface area (Å²) in [7, 11) is 0. The number of carboxylic acids is 1. The number of carboxylic acid groups (broad SMARTS) is 1. The lowest BCUT2D eigenvalue weighted by Crippen LogP contribution is -1.95. The van der Waals surface area contributed by atoms with Crippen LogP contribution in [0.1, 0.15) is 10.5 Å². The van der Waals surface area contributed by atoms with Gasteiger partial charge in [-0.05, 0) is 0 Å². The van der Waals surface area contributed by atoms with Crippen LogP contribution in [-0.2, 0) is 0 Å². The third kappa shape index (κ3) is 1.60. The van der Waals surface area contributed by atoms with Gasteiger partial charge in [0.15, 0.2) is 5.69 Å². The summed E-state index contributed by atoms with van der Waals surface area (Å²) < 4.78 is 0. The Kier molecular flexibility index (Phi) is 2.19. The quantitative estimate of drug-likeness (QED) is 0.803. The van der Waals surface area contributed by atoms with Crippen molar-refractivity contribution >= 4 is 17.3 Å². The maximum Gasteiger partial charge on any atom is 0.355 e. The number of thiazole rings is 1. The van der Waals surface area contributed by atoms with E-state index < -0.39 is 5.97 Å². The third-order valence-corrected chi connectivity index (χ3v) is 2.42. The molecule has 2 aromatic rings. The van der Waals surface area contributed by atoms with E-state index in [1.54, 1.807) is 12.4 Å². The Morgan fingerprint density at radius 1 is 1.36 bits per heavy atom. The highest BCUT2D eigenvalue weighted by molar-refractivity contribution is 7.13. The number of nitrogens with zero attached hydrogens (tertiary/aromatic N) is 3. The second kappa shape index (κ2) is 3.51. The molecule has 6 heteroatoms. The zero-order valence-corrected chi connectivity index (χ0v) is 7.73. The summed E-state index contributed by atoms with van der Waals surface area (Å²) in [4.78, 5) is 22.1. The molecule has 0 aliphatic rings. The molecule has 2 rings (SSSR count). The first-order valence-corrected chi connectivity index (χ1v) is 4.59. The summed E-state index contributed by atoms with van der Waals surface area (Å²) in [6.45, 7) is 0. The molecule has 2 aromatic heterocycles. The average Bonchev–Trinajstić information content (AvgIpc) is 2.68. The van der Waals surface area contributed by atoms with Crippen LogP contribution in [0.5, 0.6) is 0 Å². The Morgan fingerprint density at radius 3 is 2.64 bits per heavy atom. The SMILES string of the molecule is O=C(O)c1csc(-c2cncnc2)n1. The number of aromatic nitrogens is 3. The fourth-order valence-corrected chi connectivity index (χ4v) is 1.68. The molecule has 0 bridgehead atoms. The molecular formula is C8H5N3O2S. The Balaban J connectivity index is 2.39. The first-order valence-electron chi connectivity index (χ1n) is 3.71. The molecule has 2 heterocycles. The van der Waals surface area contributed by atoms with Gasteiger partial charge < -0.3 is 5.11 Å². The minimum absolute atomic E-state index is 0.0499. The van der Waals surface area contributed by atoms with Gasteiger partial charge in [0, 0.05) is 23.3 Å². The highest BCUT2D eigenvalue weighted by Gasteiger charge is 2.09. The van der Waals surface area contributed by atoms with Crippen molar-refractivity contribution < 1.29 is 9.90 Å². The molecule has 14 heavy (non-hydrogen) atoms. The summed E-state index contributed by atoms with van der Waals surface area (Å²) in [5.74, 6) is -1.02. The van der Waals surface area contributed by atoms with E-state index in [4.69, 9.17) is 5.11 Å². The van der Waals surface area contributed by atoms with Crippen molar-refractivity contribution in [3.8, 4) is 10.6 Å². The Morgan fingerprint density at radius 2 is 2.07 bits per heavy atom. The molecular weight excluding hydrogens is 202 g/mol. The standard InChI is InChI=1S/C8H5N3O2S/c12-8(13)6-3-14-7(11-6)5-1-9-4-10-2-5/h1-4H,(H,12,13). The summed E-state index contributed by atoms with van der Waals surface area (Å²) in [5, 5.41) is 10.8. The zero-order chi connectivity index (χ0) is 9.97. The summed E-state index contributed by atoms with van der Waals surface area (Å²) in [5.41, 5.74) is 0.777. The van der Waals surface area contributed by atoms with Crippen LogP contribution in [0, 0.1) is 0 Å². The van der Waals surface area contributed by atoms with Crippen LogP contribution in [0.25, 0.3) is 10.6 Å². The molecule has 0 aromatic carbocycles. The van der Waals surface area contributed by atoms with Gasteiger partial charge in [0.05, 0.1) is 0 Å². The van der Waals surface area contributed by atoms with Crippen LogP contribution in [0.15, 0.2) is 24.1 Å². The molecule has 0 saturated heterocycles. The lowest BCUT2D eigenvalue weighted by molar-refractivity contribution is 0.0691. The van der Waals surface area contributed by atoms with Gasteiger partial charge in [-0.2, -0.15) is 0 Å². The fourth-order valence-electron chi connectivity index (χ4n) is 0.914. The van der Waals surface area contributed by atoms with Gasteiger partial charge >= 0.3 is 5.97 Å². The van der Waals surface area contributed by atoms with Crippen molar-refractivity contribution in [1.29, 1.82) is 0 Å². The smallest absolute Gasteiger partial charge is 0.355 e. The predicted molar refractivity (Wildman–Crippen MR) is 50.1 cm³/mol. The Hall–Kier alpha value is -1.82. The number of carbonyl (C=O) groups is 1. The number of rotatable bonds is 2. The van der Waals surface area contributed by atoms with Crippen LogP contribution < -0.4 is 0 Å². The van der Waals surface area contributed by atoms with E-state index in [0.29, 0.717) is 5.01 Å². The van der Waals surface area contributed by atoms with Crippen molar-refractivity contribution in [2.45, 2.75) is 0 Å². The van der Waals surface area contributed by atoms with Gasteiger partial charge in [0.25, 0.3) is 0 Å². The maximum atomic E-state index is 10.6. The van der Waals surface area contributed by atoms with E-state index in [9.17, 15) is 4.79 Å². The van der Waals surface area contributed by atoms with Gasteiger partial charge in [-0.3, -0.25) is 0 Å². The molecule has 0 spiro atoms. The van der Waals surface area contributed by atoms with Crippen LogP contribution in [-0.4, -0.2) is 26.0 Å². The number of aromatic carboxylic acids is 1. The summed E-state index contributed by atoms with van der Waals surface area (Å²) in [6.07, 6.45) is 4.60. The van der Waals surface area contributed by atoms with Crippen molar-refractivity contribution in [2.24, 2.45) is 0 Å². The van der Waals surface area contributed by atoms with E-state index in [2.05, 4.69) is 15.0 Å². The van der Waals surface area contributed by atoms with E-state index in [-0.39, 0.29) is 5.69 Å². The molecule has 0 atom stereocenters. The second-order valence-corrected chi connectivity index (χ2v) is 3.33. The molecule has 0 radical (unpaired) electrons. The summed E-state index contributed by atoms with van der Waals surface area (Å²) in [6, 6.07) is 0. The average molecular weight is 207 g/mol. The molecule has 1 N–H and O–H groups in total. The Bertz CT molecular complexity index is 455. The number of hydrogen-bond donors (Lipinski definition) is 1. The predicted octanol–water partition coefficient (Wildman–Crippen LogP) is 1.30. The maximum absolute atomic E-state index is 10.6. The third-order valence-electron chi connectivity index (χ3n) is 1.53. The normalized spacial score (nSPS) is 10.0. The van der Waals surface area contributed by atoms with Gasteiger partial charge in [0.1, 0.15) is 11.3 Å². The highest BCUT2D eigenvalue weighted by Crippen LogP contribution is 2.21. The molecule has 70 valence electrons. The molecule has 0 unspecified atom stereocenters. The van der Waals surface area contributed by atoms with Gasteiger partial charge in [-0.25, -0.2) is 19.7 Å². The topological polar surface area (TPSA) is 76.0 Å². The second-order valence-electron chi connectivity index (χ2n) is 2.47. The fraction of sp³-hybridized carbons (Fsp3) is 0. The van der Waals surface area contributed by atoms with Crippen LogP contribution in [0.2, 0.25) is 0 Å². The van der Waals surface area contributed by atoms with E-state index >= 15 is 0 Å². The van der Waals surface area contributed by atoms with Crippen LogP contribution in [0.3, 0.4) is 0 Å². The van der Waals surface area contributed by atoms with Crippen molar-refractivity contribution in [3.63, 3.8) is 0 Å². The van der Waals surface area contributed by atoms with Crippen molar-refractivity contribution in [2.75, 3.05) is 0 Å². The first kappa shape index (κ1) is 8.76. The number of hydrogen-bond acceptors (Lipinski definition) is 5. The van der Waals surface area contributed by atoms with Crippen LogP contribution in [0.4, 0.5) is 0 Å². The Labute approximate surface area is 83.1 Å². The van der Waals surface area contributed by atoms with Gasteiger partial charge in [-0.15, -0.1) is 11.3 Å². The van der Waals surface area contributed by atoms with Gasteiger partial charge in [0.2, 0.25) is 0 Å². The lowest BCUT2D eigenvalue weighted by atomic mass is 10.3. The minimum atomic E-state index is -1.02. The molecule has 5 nitrogen and oxygen atoms in total. The van der Waals surface area contributed by atoms with E-state index in [1.807, 2.05) is 0 Å². The van der Waals surface area contributed by atoms with Crippen molar-refractivity contribution in [3.05, 3.63) is 29.8 Å². The molecule has 0 aliphatic heterocycles. The molecule has 0 fully saturated rings. The van der Waals surface area contributed by atoms with Gasteiger partial charge in [-0.1, -0.05) is 0 Å². The lowest BCUT2D eigenvalue weighted by Gasteiger charge is -1.91. The molecule has 0 aliphatic carbocycles. The largest absolute Gasteiger partial charge is 0.476 e.